The number of hydrogen-bond acceptors (Lipinski definition) is 2. The highest BCUT2D eigenvalue weighted by molar-refractivity contribution is 5.30. The summed E-state index contributed by atoms with van der Waals surface area (Å²) in [5.74, 6) is 1.78. The zero-order chi connectivity index (χ0) is 15.1. The van der Waals surface area contributed by atoms with E-state index in [-0.39, 0.29) is 0 Å². The van der Waals surface area contributed by atoms with Gasteiger partial charge in [-0.3, -0.25) is 0 Å². The van der Waals surface area contributed by atoms with Gasteiger partial charge in [-0.05, 0) is 49.8 Å². The third kappa shape index (κ3) is 5.35. The maximum atomic E-state index is 5.26. The van der Waals surface area contributed by atoms with Gasteiger partial charge in [0.1, 0.15) is 5.75 Å². The van der Waals surface area contributed by atoms with Gasteiger partial charge in [-0.15, -0.1) is 0 Å². The lowest BCUT2D eigenvalue weighted by molar-refractivity contribution is 0.391. The van der Waals surface area contributed by atoms with Crippen molar-refractivity contribution in [1.29, 1.82) is 0 Å². The van der Waals surface area contributed by atoms with Crippen LogP contribution in [0, 0.1) is 5.92 Å². The van der Waals surface area contributed by atoms with E-state index in [1.165, 1.54) is 50.5 Å². The van der Waals surface area contributed by atoms with Crippen LogP contribution in [0.15, 0.2) is 24.3 Å². The van der Waals surface area contributed by atoms with Gasteiger partial charge in [-0.25, -0.2) is 0 Å². The molecule has 1 aromatic carbocycles. The Balaban J connectivity index is 1.86. The summed E-state index contributed by atoms with van der Waals surface area (Å²) in [6.07, 6.45) is 9.44. The Morgan fingerprint density at radius 1 is 1.14 bits per heavy atom. The molecule has 0 radical (unpaired) electrons. The number of methoxy groups -OCH3 is 1. The largest absolute Gasteiger partial charge is 0.497 e. The molecular weight excluding hydrogens is 258 g/mol. The van der Waals surface area contributed by atoms with Crippen LogP contribution in [0.2, 0.25) is 0 Å². The maximum Gasteiger partial charge on any atom is 0.118 e. The predicted octanol–water partition coefficient (Wildman–Crippen LogP) is 5.09. The van der Waals surface area contributed by atoms with Crippen molar-refractivity contribution in [2.45, 2.75) is 70.9 Å². The van der Waals surface area contributed by atoms with Crippen LogP contribution in [-0.2, 0) is 0 Å². The zero-order valence-corrected chi connectivity index (χ0v) is 13.9. The molecule has 1 aliphatic rings. The number of benzene rings is 1. The number of hydrogen-bond donors (Lipinski definition) is 1. The molecule has 1 saturated carbocycles. The number of rotatable bonds is 10. The molecule has 0 bridgehead atoms. The summed E-state index contributed by atoms with van der Waals surface area (Å²) in [6.45, 7) is 4.61. The number of unbranched alkanes of at least 4 members (excludes halogenated alkanes) is 3. The van der Waals surface area contributed by atoms with Crippen molar-refractivity contribution >= 4 is 0 Å². The van der Waals surface area contributed by atoms with Crippen molar-refractivity contribution in [3.63, 3.8) is 0 Å². The minimum Gasteiger partial charge on any atom is -0.497 e. The smallest absolute Gasteiger partial charge is 0.118 e. The summed E-state index contributed by atoms with van der Waals surface area (Å²) in [4.78, 5) is 0. The van der Waals surface area contributed by atoms with Crippen molar-refractivity contribution in [3.8, 4) is 5.75 Å². The van der Waals surface area contributed by atoms with Crippen molar-refractivity contribution in [1.82, 2.24) is 5.32 Å². The molecule has 0 amide bonds. The Bertz CT molecular complexity index is 397. The molecule has 0 heterocycles. The molecule has 2 nitrogen and oxygen atoms in total. The van der Waals surface area contributed by atoms with E-state index in [0.29, 0.717) is 12.1 Å². The molecule has 1 aliphatic carbocycles. The summed E-state index contributed by atoms with van der Waals surface area (Å²) in [5.41, 5.74) is 1.42. The van der Waals surface area contributed by atoms with Gasteiger partial charge in [0.2, 0.25) is 0 Å². The highest BCUT2D eigenvalue weighted by atomic mass is 16.5. The lowest BCUT2D eigenvalue weighted by Crippen LogP contribution is -2.31. The third-order valence-electron chi connectivity index (χ3n) is 4.52. The Labute approximate surface area is 130 Å². The van der Waals surface area contributed by atoms with Gasteiger partial charge in [0.05, 0.1) is 7.11 Å². The summed E-state index contributed by atoms with van der Waals surface area (Å²) in [7, 11) is 1.73. The van der Waals surface area contributed by atoms with Crippen LogP contribution in [-0.4, -0.2) is 13.2 Å². The number of nitrogens with one attached hydrogen (secondary N) is 1. The van der Waals surface area contributed by atoms with Gasteiger partial charge >= 0.3 is 0 Å². The van der Waals surface area contributed by atoms with E-state index in [1.807, 2.05) is 0 Å². The average Bonchev–Trinajstić information content (AvgIpc) is 3.34. The van der Waals surface area contributed by atoms with E-state index >= 15 is 0 Å². The fourth-order valence-electron chi connectivity index (χ4n) is 3.01. The van der Waals surface area contributed by atoms with Gasteiger partial charge < -0.3 is 10.1 Å². The summed E-state index contributed by atoms with van der Waals surface area (Å²) < 4.78 is 5.26. The average molecular weight is 289 g/mol. The molecule has 0 aliphatic heterocycles. The highest BCUT2D eigenvalue weighted by Gasteiger charge is 2.32. The molecule has 118 valence electrons. The van der Waals surface area contributed by atoms with E-state index < -0.39 is 0 Å². The second-order valence-corrected chi connectivity index (χ2v) is 6.51. The van der Waals surface area contributed by atoms with Crippen LogP contribution in [0.5, 0.6) is 5.75 Å². The van der Waals surface area contributed by atoms with Gasteiger partial charge in [-0.1, -0.05) is 44.7 Å². The van der Waals surface area contributed by atoms with E-state index in [1.54, 1.807) is 7.11 Å². The quantitative estimate of drug-likeness (QED) is 0.605. The van der Waals surface area contributed by atoms with Crippen LogP contribution in [0.3, 0.4) is 0 Å². The fourth-order valence-corrected chi connectivity index (χ4v) is 3.01. The normalized spacial score (nSPS) is 17.5. The molecular formula is C19H31NO. The standard InChI is InChI=1S/C19H31NO/c1-4-5-6-7-8-15(2)20-19(16-9-10-16)17-11-13-18(21-3)14-12-17/h11-16,19-20H,4-10H2,1-3H3. The second kappa shape index (κ2) is 8.43. The monoisotopic (exact) mass is 289 g/mol. The Morgan fingerprint density at radius 2 is 1.86 bits per heavy atom. The second-order valence-electron chi connectivity index (χ2n) is 6.51. The molecule has 21 heavy (non-hydrogen) atoms. The third-order valence-corrected chi connectivity index (χ3v) is 4.52. The fraction of sp³-hybridized carbons (Fsp3) is 0.684. The Kier molecular flexibility index (Phi) is 6.56. The molecule has 2 atom stereocenters. The molecule has 0 spiro atoms. The topological polar surface area (TPSA) is 21.3 Å². The molecule has 0 saturated heterocycles. The van der Waals surface area contributed by atoms with Crippen LogP contribution in [0.25, 0.3) is 0 Å². The molecule has 1 N–H and O–H groups in total. The van der Waals surface area contributed by atoms with Crippen LogP contribution < -0.4 is 10.1 Å². The minimum absolute atomic E-state index is 0.525. The summed E-state index contributed by atoms with van der Waals surface area (Å²) in [5, 5.41) is 3.87. The molecule has 1 aromatic rings. The van der Waals surface area contributed by atoms with Crippen LogP contribution in [0.1, 0.15) is 70.4 Å². The first-order valence-corrected chi connectivity index (χ1v) is 8.64. The lowest BCUT2D eigenvalue weighted by Gasteiger charge is -2.24. The van der Waals surface area contributed by atoms with E-state index in [4.69, 9.17) is 4.74 Å². The van der Waals surface area contributed by atoms with E-state index in [9.17, 15) is 0 Å². The number of ether oxygens (including phenoxy) is 1. The van der Waals surface area contributed by atoms with Gasteiger partial charge in [0.15, 0.2) is 0 Å². The van der Waals surface area contributed by atoms with Gasteiger partial charge in [0.25, 0.3) is 0 Å². The first-order chi connectivity index (χ1) is 10.2. The maximum absolute atomic E-state index is 5.26. The van der Waals surface area contributed by atoms with Gasteiger partial charge in [-0.2, -0.15) is 0 Å². The van der Waals surface area contributed by atoms with Crippen molar-refractivity contribution in [2.24, 2.45) is 5.92 Å². The lowest BCUT2D eigenvalue weighted by atomic mass is 10.00. The molecule has 0 aromatic heterocycles. The first kappa shape index (κ1) is 16.4. The first-order valence-electron chi connectivity index (χ1n) is 8.64. The van der Waals surface area contributed by atoms with Crippen molar-refractivity contribution in [3.05, 3.63) is 29.8 Å². The van der Waals surface area contributed by atoms with Crippen LogP contribution in [0.4, 0.5) is 0 Å². The Morgan fingerprint density at radius 3 is 2.43 bits per heavy atom. The molecule has 2 heteroatoms. The Hall–Kier alpha value is -1.02. The SMILES string of the molecule is CCCCCCC(C)NC(c1ccc(OC)cc1)C1CC1. The molecule has 2 unspecified atom stereocenters. The zero-order valence-electron chi connectivity index (χ0n) is 13.9. The van der Waals surface area contributed by atoms with Crippen molar-refractivity contribution < 1.29 is 4.74 Å². The van der Waals surface area contributed by atoms with E-state index in [0.717, 1.165) is 11.7 Å². The van der Waals surface area contributed by atoms with E-state index in [2.05, 4.69) is 43.4 Å². The van der Waals surface area contributed by atoms with Crippen LogP contribution >= 0.6 is 0 Å². The predicted molar refractivity (Wildman–Crippen MR) is 89.8 cm³/mol. The van der Waals surface area contributed by atoms with Gasteiger partial charge in [0, 0.05) is 12.1 Å². The molecule has 1 fully saturated rings. The minimum atomic E-state index is 0.525. The summed E-state index contributed by atoms with van der Waals surface area (Å²) >= 11 is 0. The molecule has 2 rings (SSSR count). The highest BCUT2D eigenvalue weighted by Crippen LogP contribution is 2.41. The van der Waals surface area contributed by atoms with Crippen molar-refractivity contribution in [2.75, 3.05) is 7.11 Å². The summed E-state index contributed by atoms with van der Waals surface area (Å²) in [6, 6.07) is 9.74.